The maximum Gasteiger partial charge on any atom is 0.249 e. The number of aliphatic hydroxyl groups is 1. The molecule has 5 heterocycles. The zero-order chi connectivity index (χ0) is 42.7. The number of likely N-dealkylation sites (tertiary alicyclic amines) is 2. The van der Waals surface area contributed by atoms with Crippen LogP contribution in [-0.4, -0.2) is 93.2 Å². The van der Waals surface area contributed by atoms with Crippen molar-refractivity contribution in [1.29, 1.82) is 0 Å². The van der Waals surface area contributed by atoms with E-state index in [1.54, 1.807) is 6.07 Å². The number of hydrogen-bond acceptors (Lipinski definition) is 10. The zero-order valence-corrected chi connectivity index (χ0v) is 36.1. The van der Waals surface area contributed by atoms with Crippen LogP contribution in [0.4, 0.5) is 27.4 Å². The Morgan fingerprint density at radius 3 is 2.35 bits per heavy atom. The van der Waals surface area contributed by atoms with Gasteiger partial charge in [0.15, 0.2) is 0 Å². The molecule has 1 unspecified atom stereocenters. The number of aliphatic hydroxyl groups excluding tert-OH is 1. The van der Waals surface area contributed by atoms with Crippen LogP contribution < -0.4 is 21.3 Å². The minimum absolute atomic E-state index is 0.204. The van der Waals surface area contributed by atoms with Crippen molar-refractivity contribution < 1.29 is 19.1 Å². The van der Waals surface area contributed by atoms with Gasteiger partial charge in [0.2, 0.25) is 17.8 Å². The molecule has 14 heteroatoms. The molecule has 0 spiro atoms. The second kappa shape index (κ2) is 18.7. The second-order valence-electron chi connectivity index (χ2n) is 17.8. The Hall–Kier alpha value is -5.08. The molecule has 3 aliphatic heterocycles. The van der Waals surface area contributed by atoms with E-state index < -0.39 is 11.9 Å². The highest BCUT2D eigenvalue weighted by Gasteiger charge is 2.29. The smallest absolute Gasteiger partial charge is 0.249 e. The Balaban J connectivity index is 0.784. The van der Waals surface area contributed by atoms with Gasteiger partial charge in [-0.3, -0.25) is 19.8 Å². The van der Waals surface area contributed by atoms with Crippen LogP contribution in [0, 0.1) is 11.7 Å². The fraction of sp³-hybridized carbons (Fsp3) is 0.458. The lowest BCUT2D eigenvalue weighted by Crippen LogP contribution is -2.47. The van der Waals surface area contributed by atoms with E-state index in [-0.39, 0.29) is 24.0 Å². The Labute approximate surface area is 367 Å². The van der Waals surface area contributed by atoms with Crippen LogP contribution in [0.2, 0.25) is 5.02 Å². The highest BCUT2D eigenvalue weighted by molar-refractivity contribution is 6.30. The maximum atomic E-state index is 14.1. The first kappa shape index (κ1) is 42.2. The van der Waals surface area contributed by atoms with Crippen molar-refractivity contribution in [1.82, 2.24) is 29.7 Å². The van der Waals surface area contributed by atoms with Crippen molar-refractivity contribution in [3.8, 4) is 11.1 Å². The molecule has 2 amide bonds. The number of benzene rings is 3. The van der Waals surface area contributed by atoms with Crippen molar-refractivity contribution in [2.75, 3.05) is 55.7 Å². The summed E-state index contributed by atoms with van der Waals surface area (Å²) in [5.74, 6) is 0.667. The summed E-state index contributed by atoms with van der Waals surface area (Å²) in [5, 5.41) is 23.7. The van der Waals surface area contributed by atoms with Crippen molar-refractivity contribution in [3.05, 3.63) is 95.0 Å². The van der Waals surface area contributed by atoms with Crippen LogP contribution in [0.3, 0.4) is 0 Å². The molecule has 3 saturated heterocycles. The quantitative estimate of drug-likeness (QED) is 0.0777. The Bertz CT molecular complexity index is 2370. The lowest BCUT2D eigenvalue weighted by molar-refractivity contribution is -0.133. The summed E-state index contributed by atoms with van der Waals surface area (Å²) < 4.78 is 16.3. The molecule has 4 fully saturated rings. The average molecular weight is 862 g/mol. The van der Waals surface area contributed by atoms with Gasteiger partial charge in [-0.1, -0.05) is 41.9 Å². The lowest BCUT2D eigenvalue weighted by Gasteiger charge is -2.38. The van der Waals surface area contributed by atoms with E-state index in [9.17, 15) is 19.1 Å². The molecule has 62 heavy (non-hydrogen) atoms. The number of aromatic nitrogens is 3. The highest BCUT2D eigenvalue weighted by atomic mass is 35.5. The number of fused-ring (bicyclic) bond motifs is 1. The van der Waals surface area contributed by atoms with Gasteiger partial charge in [-0.2, -0.15) is 4.98 Å². The van der Waals surface area contributed by atoms with Crippen LogP contribution in [0.15, 0.2) is 73.1 Å². The first-order valence-corrected chi connectivity index (χ1v) is 22.8. The topological polar surface area (TPSA) is 140 Å². The minimum Gasteiger partial charge on any atom is -0.393 e. The number of nitrogens with zero attached hydrogens (tertiary/aromatic N) is 5. The summed E-state index contributed by atoms with van der Waals surface area (Å²) in [6.45, 7) is 6.48. The molecule has 1 atom stereocenters. The summed E-state index contributed by atoms with van der Waals surface area (Å²) >= 11 is 6.11. The largest absolute Gasteiger partial charge is 0.393 e. The summed E-state index contributed by atoms with van der Waals surface area (Å²) in [6.07, 6.45) is 12.5. The molecular weight excluding hydrogens is 805 g/mol. The third-order valence-electron chi connectivity index (χ3n) is 13.6. The van der Waals surface area contributed by atoms with E-state index in [1.807, 2.05) is 13.2 Å². The number of hydrogen-bond donors (Lipinski definition) is 5. The van der Waals surface area contributed by atoms with E-state index in [2.05, 4.69) is 89.3 Å². The number of imide groups is 1. The molecule has 5 N–H and O–H groups in total. The van der Waals surface area contributed by atoms with Gasteiger partial charge in [0, 0.05) is 66.7 Å². The number of anilines is 4. The van der Waals surface area contributed by atoms with Crippen molar-refractivity contribution in [2.24, 2.45) is 5.92 Å². The molecule has 3 aromatic carbocycles. The number of carbonyl (C=O) groups is 2. The van der Waals surface area contributed by atoms with E-state index in [0.717, 1.165) is 111 Å². The molecular formula is C48H57ClFN9O3. The zero-order valence-electron chi connectivity index (χ0n) is 35.4. The fourth-order valence-electron chi connectivity index (χ4n) is 10.1. The summed E-state index contributed by atoms with van der Waals surface area (Å²) in [5.41, 5.74) is 7.95. The number of amides is 2. The van der Waals surface area contributed by atoms with Gasteiger partial charge in [-0.15, -0.1) is 0 Å². The summed E-state index contributed by atoms with van der Waals surface area (Å²) in [6, 6.07) is 19.5. The fourth-order valence-corrected chi connectivity index (χ4v) is 10.3. The van der Waals surface area contributed by atoms with Gasteiger partial charge in [0.25, 0.3) is 0 Å². The minimum atomic E-state index is -0.433. The Morgan fingerprint density at radius 2 is 1.63 bits per heavy atom. The molecule has 2 aromatic heterocycles. The van der Waals surface area contributed by atoms with Gasteiger partial charge >= 0.3 is 0 Å². The van der Waals surface area contributed by atoms with Crippen LogP contribution in [-0.2, 0) is 16.1 Å². The second-order valence-corrected chi connectivity index (χ2v) is 18.3. The monoisotopic (exact) mass is 861 g/mol. The van der Waals surface area contributed by atoms with Gasteiger partial charge < -0.3 is 30.5 Å². The third-order valence-corrected chi connectivity index (χ3v) is 13.8. The summed E-state index contributed by atoms with van der Waals surface area (Å²) in [7, 11) is 1.89. The molecule has 0 radical (unpaired) electrons. The first-order valence-electron chi connectivity index (χ1n) is 22.4. The first-order chi connectivity index (χ1) is 30.1. The van der Waals surface area contributed by atoms with E-state index >= 15 is 0 Å². The Kier molecular flexibility index (Phi) is 12.8. The number of nitrogens with one attached hydrogen (secondary N) is 4. The molecule has 1 aliphatic carbocycles. The normalized spacial score (nSPS) is 22.2. The SMILES string of the molecule is CNc1ccc(C2CCN(CC3CCN(Cc4ccc(-c5cn(C6CCC(O)CC6)c6nc(Nc7cc(F)cc(Cl)c7)ncc56)cc4)CC3)CC2)cc1NC1CCC(=O)NC1=O. The average Bonchev–Trinajstić information content (AvgIpc) is 3.64. The predicted octanol–water partition coefficient (Wildman–Crippen LogP) is 8.46. The number of halogens is 2. The highest BCUT2D eigenvalue weighted by Crippen LogP contribution is 2.38. The molecule has 1 saturated carbocycles. The van der Waals surface area contributed by atoms with Crippen molar-refractivity contribution in [3.63, 3.8) is 0 Å². The molecule has 9 rings (SSSR count). The van der Waals surface area contributed by atoms with Gasteiger partial charge in [-0.05, 0) is 143 Å². The van der Waals surface area contributed by atoms with Crippen molar-refractivity contribution >= 4 is 57.5 Å². The Morgan fingerprint density at radius 1 is 0.871 bits per heavy atom. The maximum absolute atomic E-state index is 14.1. The molecule has 5 aromatic rings. The lowest BCUT2D eigenvalue weighted by atomic mass is 9.87. The molecule has 0 bridgehead atoms. The number of piperidine rings is 3. The standard InChI is InChI=1S/C48H57ClFN9O3/c1-51-42-11-6-34(22-44(42)54-43-12-13-45(61)55-47(43)62)32-16-20-58(21-17-32)28-31-14-18-57(19-15-31)27-30-2-4-33(5-3-30)41-29-59(38-7-9-39(60)10-8-38)46-40(41)26-52-48(56-46)53-37-24-35(49)23-36(50)25-37/h2-6,11,22-26,29,31-32,38-39,43,51,54,60H,7-10,12-21,27-28H2,1H3,(H,52,53,56)(H,55,61,62). The van der Waals surface area contributed by atoms with Crippen LogP contribution >= 0.6 is 11.6 Å². The number of rotatable bonds is 12. The van der Waals surface area contributed by atoms with Crippen LogP contribution in [0.5, 0.6) is 0 Å². The van der Waals surface area contributed by atoms with Crippen LogP contribution in [0.25, 0.3) is 22.2 Å². The molecule has 4 aliphatic rings. The van der Waals surface area contributed by atoms with Crippen LogP contribution in [0.1, 0.15) is 87.3 Å². The van der Waals surface area contributed by atoms with Gasteiger partial charge in [0.05, 0.1) is 17.5 Å². The summed E-state index contributed by atoms with van der Waals surface area (Å²) in [4.78, 5) is 38.9. The molecule has 326 valence electrons. The van der Waals surface area contributed by atoms with E-state index in [0.29, 0.717) is 41.3 Å². The van der Waals surface area contributed by atoms with Crippen molar-refractivity contribution in [2.45, 2.75) is 94.9 Å². The number of carbonyl (C=O) groups excluding carboxylic acids is 2. The third kappa shape index (κ3) is 9.76. The predicted molar refractivity (Wildman–Crippen MR) is 243 cm³/mol. The van der Waals surface area contributed by atoms with Gasteiger partial charge in [-0.25, -0.2) is 9.37 Å². The molecule has 12 nitrogen and oxygen atoms in total. The van der Waals surface area contributed by atoms with E-state index in [1.165, 1.54) is 36.1 Å². The van der Waals surface area contributed by atoms with E-state index in [4.69, 9.17) is 16.6 Å². The van der Waals surface area contributed by atoms with Gasteiger partial charge in [0.1, 0.15) is 17.5 Å².